The Bertz CT molecular complexity index is 344. The Balaban J connectivity index is 1.43. The van der Waals surface area contributed by atoms with E-state index in [0.717, 1.165) is 29.0 Å². The van der Waals surface area contributed by atoms with Gasteiger partial charge < -0.3 is 5.32 Å². The molecule has 0 spiro atoms. The second kappa shape index (κ2) is 3.49. The maximum Gasteiger partial charge on any atom is 0.224 e. The number of hydrogen-bond donors (Lipinski definition) is 1. The van der Waals surface area contributed by atoms with E-state index in [4.69, 9.17) is 0 Å². The molecule has 4 atom stereocenters. The van der Waals surface area contributed by atoms with Crippen molar-refractivity contribution in [1.82, 2.24) is 5.32 Å². The molecule has 17 heavy (non-hydrogen) atoms. The first-order valence-electron chi connectivity index (χ1n) is 7.12. The third-order valence-electron chi connectivity index (χ3n) is 5.99. The quantitative estimate of drug-likeness (QED) is 0.798. The largest absolute Gasteiger partial charge is 0.350 e. The van der Waals surface area contributed by atoms with Gasteiger partial charge in [0.15, 0.2) is 0 Å². The lowest BCUT2D eigenvalue weighted by atomic mass is 9.78. The van der Waals surface area contributed by atoms with Crippen molar-refractivity contribution in [2.24, 2.45) is 29.6 Å². The summed E-state index contributed by atoms with van der Waals surface area (Å²) in [6.45, 7) is 0. The zero-order chi connectivity index (χ0) is 11.6. The van der Waals surface area contributed by atoms with Crippen molar-refractivity contribution < 1.29 is 4.79 Å². The summed E-state index contributed by atoms with van der Waals surface area (Å²) in [6.07, 6.45) is 7.84. The summed E-state index contributed by atoms with van der Waals surface area (Å²) < 4.78 is 0. The van der Waals surface area contributed by atoms with Gasteiger partial charge in [0, 0.05) is 16.8 Å². The lowest BCUT2D eigenvalue weighted by molar-refractivity contribution is -0.126. The SMILES string of the molecule is O=C(NC1(CBr)CCC1)C1C2C3CCC(C3)C12. The van der Waals surface area contributed by atoms with Crippen LogP contribution in [0.15, 0.2) is 0 Å². The minimum absolute atomic E-state index is 0.118. The molecule has 0 saturated heterocycles. The molecule has 4 unspecified atom stereocenters. The Morgan fingerprint density at radius 3 is 2.35 bits per heavy atom. The van der Waals surface area contributed by atoms with E-state index in [9.17, 15) is 4.79 Å². The third-order valence-corrected chi connectivity index (χ3v) is 7.07. The van der Waals surface area contributed by atoms with Crippen molar-refractivity contribution in [3.05, 3.63) is 0 Å². The predicted octanol–water partition coefficient (Wildman–Crippen LogP) is 2.71. The van der Waals surface area contributed by atoms with Gasteiger partial charge in [-0.2, -0.15) is 0 Å². The maximum absolute atomic E-state index is 12.4. The molecule has 0 aromatic rings. The van der Waals surface area contributed by atoms with E-state index in [-0.39, 0.29) is 5.54 Å². The first-order valence-corrected chi connectivity index (χ1v) is 8.24. The lowest BCUT2D eigenvalue weighted by Crippen LogP contribution is -2.55. The molecule has 2 bridgehead atoms. The van der Waals surface area contributed by atoms with Gasteiger partial charge in [-0.05, 0) is 62.2 Å². The molecule has 94 valence electrons. The van der Waals surface area contributed by atoms with Crippen LogP contribution in [0.1, 0.15) is 38.5 Å². The van der Waals surface area contributed by atoms with Crippen LogP contribution in [0.5, 0.6) is 0 Å². The maximum atomic E-state index is 12.4. The summed E-state index contributed by atoms with van der Waals surface area (Å²) >= 11 is 3.56. The molecule has 4 aliphatic carbocycles. The Morgan fingerprint density at radius 1 is 1.24 bits per heavy atom. The van der Waals surface area contributed by atoms with E-state index in [1.807, 2.05) is 0 Å². The Hall–Kier alpha value is -0.0500. The minimum Gasteiger partial charge on any atom is -0.350 e. The highest BCUT2D eigenvalue weighted by Gasteiger charge is 2.67. The monoisotopic (exact) mass is 297 g/mol. The summed E-state index contributed by atoms with van der Waals surface area (Å²) in [5, 5.41) is 4.28. The Morgan fingerprint density at radius 2 is 1.88 bits per heavy atom. The zero-order valence-electron chi connectivity index (χ0n) is 10.1. The van der Waals surface area contributed by atoms with Gasteiger partial charge in [-0.15, -0.1) is 0 Å². The molecule has 0 heterocycles. The third kappa shape index (κ3) is 1.41. The fraction of sp³-hybridized carbons (Fsp3) is 0.929. The molecule has 3 heteroatoms. The number of nitrogens with one attached hydrogen (secondary N) is 1. The van der Waals surface area contributed by atoms with Crippen molar-refractivity contribution in [3.8, 4) is 0 Å². The molecule has 4 rings (SSSR count). The van der Waals surface area contributed by atoms with Crippen LogP contribution in [-0.4, -0.2) is 16.8 Å². The highest BCUT2D eigenvalue weighted by Crippen LogP contribution is 2.69. The van der Waals surface area contributed by atoms with Gasteiger partial charge in [0.25, 0.3) is 0 Å². The number of carbonyl (C=O) groups excluding carboxylic acids is 1. The molecular formula is C14H20BrNO. The van der Waals surface area contributed by atoms with E-state index in [1.54, 1.807) is 0 Å². The number of alkyl halides is 1. The van der Waals surface area contributed by atoms with Gasteiger partial charge in [-0.3, -0.25) is 4.79 Å². The van der Waals surface area contributed by atoms with Crippen molar-refractivity contribution in [2.75, 3.05) is 5.33 Å². The predicted molar refractivity (Wildman–Crippen MR) is 69.8 cm³/mol. The zero-order valence-corrected chi connectivity index (χ0v) is 11.7. The van der Waals surface area contributed by atoms with E-state index >= 15 is 0 Å². The summed E-state index contributed by atoms with van der Waals surface area (Å²) in [7, 11) is 0. The van der Waals surface area contributed by atoms with Crippen LogP contribution in [0.2, 0.25) is 0 Å². The molecule has 0 aromatic carbocycles. The van der Waals surface area contributed by atoms with Gasteiger partial charge in [-0.1, -0.05) is 15.9 Å². The Labute approximate surface area is 111 Å². The summed E-state index contributed by atoms with van der Waals surface area (Å²) in [4.78, 5) is 12.4. The van der Waals surface area contributed by atoms with Gasteiger partial charge in [0.05, 0.1) is 0 Å². The number of hydrogen-bond acceptors (Lipinski definition) is 1. The lowest BCUT2D eigenvalue weighted by Gasteiger charge is -2.41. The second-order valence-electron chi connectivity index (χ2n) is 6.77. The smallest absolute Gasteiger partial charge is 0.224 e. The van der Waals surface area contributed by atoms with Gasteiger partial charge >= 0.3 is 0 Å². The van der Waals surface area contributed by atoms with Crippen molar-refractivity contribution >= 4 is 21.8 Å². The van der Waals surface area contributed by atoms with E-state index in [1.165, 1.54) is 38.5 Å². The number of amides is 1. The summed E-state index contributed by atoms with van der Waals surface area (Å²) in [5.41, 5.74) is 0.118. The molecule has 1 N–H and O–H groups in total. The minimum atomic E-state index is 0.118. The summed E-state index contributed by atoms with van der Waals surface area (Å²) in [5.74, 6) is 4.15. The standard InChI is InChI=1S/C14H20BrNO/c15-7-14(4-1-5-14)16-13(17)12-10-8-2-3-9(6-8)11(10)12/h8-12H,1-7H2,(H,16,17). The van der Waals surface area contributed by atoms with E-state index < -0.39 is 0 Å². The first-order chi connectivity index (χ1) is 8.24. The molecule has 4 saturated carbocycles. The fourth-order valence-corrected chi connectivity index (χ4v) is 5.62. The number of rotatable bonds is 3. The highest BCUT2D eigenvalue weighted by molar-refractivity contribution is 9.09. The number of fused-ring (bicyclic) bond motifs is 5. The fourth-order valence-electron chi connectivity index (χ4n) is 4.92. The molecule has 0 aromatic heterocycles. The molecule has 0 aliphatic heterocycles. The van der Waals surface area contributed by atoms with Crippen LogP contribution in [0.4, 0.5) is 0 Å². The van der Waals surface area contributed by atoms with Gasteiger partial charge in [0.2, 0.25) is 5.91 Å². The van der Waals surface area contributed by atoms with Crippen molar-refractivity contribution in [1.29, 1.82) is 0 Å². The van der Waals surface area contributed by atoms with Crippen LogP contribution < -0.4 is 5.32 Å². The topological polar surface area (TPSA) is 29.1 Å². The highest BCUT2D eigenvalue weighted by atomic mass is 79.9. The van der Waals surface area contributed by atoms with Gasteiger partial charge in [-0.25, -0.2) is 0 Å². The van der Waals surface area contributed by atoms with Crippen LogP contribution in [0, 0.1) is 29.6 Å². The van der Waals surface area contributed by atoms with Crippen molar-refractivity contribution in [3.63, 3.8) is 0 Å². The van der Waals surface area contributed by atoms with E-state index in [2.05, 4.69) is 21.2 Å². The molecule has 0 radical (unpaired) electrons. The molecule has 4 fully saturated rings. The van der Waals surface area contributed by atoms with Crippen LogP contribution in [0.3, 0.4) is 0 Å². The normalized spacial score (nSPS) is 48.4. The second-order valence-corrected chi connectivity index (χ2v) is 7.33. The molecule has 4 aliphatic rings. The van der Waals surface area contributed by atoms with E-state index in [0.29, 0.717) is 11.8 Å². The first kappa shape index (κ1) is 10.8. The number of halogens is 1. The average Bonchev–Trinajstić information content (AvgIpc) is 2.73. The van der Waals surface area contributed by atoms with Crippen LogP contribution in [0.25, 0.3) is 0 Å². The van der Waals surface area contributed by atoms with Gasteiger partial charge in [0.1, 0.15) is 0 Å². The number of carbonyl (C=O) groups is 1. The van der Waals surface area contributed by atoms with Crippen LogP contribution in [-0.2, 0) is 4.79 Å². The molecule has 1 amide bonds. The van der Waals surface area contributed by atoms with Crippen LogP contribution >= 0.6 is 15.9 Å². The summed E-state index contributed by atoms with van der Waals surface area (Å²) in [6, 6.07) is 0. The molecular weight excluding hydrogens is 278 g/mol. The molecule has 2 nitrogen and oxygen atoms in total. The van der Waals surface area contributed by atoms with Crippen molar-refractivity contribution in [2.45, 2.75) is 44.1 Å². The average molecular weight is 298 g/mol. The Kier molecular flexibility index (Phi) is 2.23.